The highest BCUT2D eigenvalue weighted by Gasteiger charge is 2.38. The van der Waals surface area contributed by atoms with Crippen molar-refractivity contribution in [3.05, 3.63) is 142 Å². The van der Waals surface area contributed by atoms with Crippen LogP contribution in [0.5, 0.6) is 0 Å². The standard InChI is InChI=1S/C19H23BrFN3O4.C19H24FN3O4.C14H4.B14/c1-18(2,3)27-16(25)24(17(26)28-19(4,5)6)15-12-7-11(9-20)13(21)8-14(12)22-10-23-15;1-11-8-12-14(9-13(11)20)21-10-22-15(12)23(16(24)26-18(2,3)4)17(25)27-19(5,6)7;1-3-5-7-9-11-13-14-12-10-8-6-4-2;1-9(2)13(10(3)4)14(11(5)6)12(7)8/h7-8,10H,9H2,1-6H3;8-10H,1-7H3;1-2H2;. The minimum Gasteiger partial charge on any atom is -0.443 e. The molecule has 0 aliphatic rings. The molecule has 4 rings (SSSR count). The molecule has 0 spiro atoms. The van der Waals surface area contributed by atoms with E-state index in [1.54, 1.807) is 90.0 Å². The van der Waals surface area contributed by atoms with Gasteiger partial charge in [-0.1, -0.05) is 27.4 Å². The predicted molar refractivity (Wildman–Crippen MR) is 340 cm³/mol. The second-order valence-electron chi connectivity index (χ2n) is 21.3. The molecule has 83 heavy (non-hydrogen) atoms. The molecule has 0 saturated carbocycles. The Balaban J connectivity index is 0.000000583. The summed E-state index contributed by atoms with van der Waals surface area (Å²) in [7, 11) is 44.1. The molecule has 0 fully saturated rings. The number of benzene rings is 2. The third-order valence-corrected chi connectivity index (χ3v) is 10.1. The summed E-state index contributed by atoms with van der Waals surface area (Å²) in [6.07, 6.45) is -5.58. The van der Waals surface area contributed by atoms with Crippen LogP contribution in [0.3, 0.4) is 0 Å². The van der Waals surface area contributed by atoms with Gasteiger partial charge in [0.1, 0.15) is 46.7 Å². The third kappa shape index (κ3) is 26.8. The Morgan fingerprint density at radius 2 is 0.771 bits per heavy atom. The molecule has 0 bridgehead atoms. The molecule has 400 valence electrons. The first-order valence-corrected chi connectivity index (χ1v) is 25.9. The summed E-state index contributed by atoms with van der Waals surface area (Å²) < 4.78 is 49.4. The summed E-state index contributed by atoms with van der Waals surface area (Å²) in [6, 6.07) is 5.40. The number of fused-ring (bicyclic) bond motifs is 2. The molecular formula is C52H51B14BrF2N6O8. The summed E-state index contributed by atoms with van der Waals surface area (Å²) in [5, 5.41) is 0.880. The van der Waals surface area contributed by atoms with E-state index in [9.17, 15) is 28.0 Å². The first-order chi connectivity index (χ1) is 38.3. The zero-order valence-electron chi connectivity index (χ0n) is 48.8. The maximum Gasteiger partial charge on any atom is 0.425 e. The molecule has 2 aromatic heterocycles. The first kappa shape index (κ1) is 74.0. The highest BCUT2D eigenvalue weighted by atomic mass is 79.9. The summed E-state index contributed by atoms with van der Waals surface area (Å²) >= 11 is 3.22. The minimum absolute atomic E-state index is 0.0356. The molecule has 0 aliphatic heterocycles. The fraction of sp³-hybridized carbons (Fsp3) is 0.346. The van der Waals surface area contributed by atoms with Crippen molar-refractivity contribution in [1.29, 1.82) is 0 Å². The average Bonchev–Trinajstić information content (AvgIpc) is 3.50. The number of carbonyl (C=O) groups is 4. The van der Waals surface area contributed by atoms with Gasteiger partial charge < -0.3 is 18.9 Å². The SMILES string of the molecule is C=C=C=C=C=C=C=C=C=C=C=C=C=C.CC(C)(C)OC(=O)N(C(=O)OC(C)(C)C)c1ncnc2cc(F)c(CBr)cc12.Cc1cc2c(N(C(=O)OC(C)(C)C)C(=O)OC(C)(C)C)ncnc2cc1F.[B]B([B])B(B([B])[B])B(B([B])[B])B([B])[B]. The molecular weight excluding hydrogens is 1110 g/mol. The van der Waals surface area contributed by atoms with Crippen molar-refractivity contribution in [3.8, 4) is 0 Å². The molecule has 0 N–H and O–H groups in total. The van der Waals surface area contributed by atoms with Gasteiger partial charge in [0.05, 0.1) is 11.0 Å². The van der Waals surface area contributed by atoms with E-state index in [2.05, 4.69) is 118 Å². The molecule has 4 amide bonds. The van der Waals surface area contributed by atoms with Crippen molar-refractivity contribution < 1.29 is 46.9 Å². The van der Waals surface area contributed by atoms with Gasteiger partial charge in [-0.3, -0.25) is 0 Å². The lowest BCUT2D eigenvalue weighted by molar-refractivity contribution is 0.0407. The van der Waals surface area contributed by atoms with Gasteiger partial charge in [0.15, 0.2) is 11.6 Å². The first-order valence-electron chi connectivity index (χ1n) is 24.8. The number of hydrogen-bond donors (Lipinski definition) is 0. The number of ether oxygens (including phenoxy) is 4. The fourth-order valence-electron chi connectivity index (χ4n) is 6.34. The normalized spacial score (nSPS) is 10.1. The number of aryl methyl sites for hydroxylation is 1. The van der Waals surface area contributed by atoms with E-state index in [0.717, 1.165) is 12.7 Å². The van der Waals surface area contributed by atoms with Gasteiger partial charge in [0, 0.05) is 128 Å². The Bertz CT molecular complexity index is 3320. The molecule has 4 aromatic rings. The van der Waals surface area contributed by atoms with Crippen LogP contribution in [0.4, 0.5) is 39.6 Å². The summed E-state index contributed by atoms with van der Waals surface area (Å²) in [4.78, 5) is 68.7. The van der Waals surface area contributed by atoms with E-state index in [1.807, 2.05) is 0 Å². The minimum atomic E-state index is -0.952. The van der Waals surface area contributed by atoms with E-state index >= 15 is 0 Å². The van der Waals surface area contributed by atoms with Crippen molar-refractivity contribution in [3.63, 3.8) is 0 Å². The lowest BCUT2D eigenvalue weighted by Crippen LogP contribution is -2.72. The van der Waals surface area contributed by atoms with Crippen LogP contribution in [0.1, 0.15) is 94.2 Å². The van der Waals surface area contributed by atoms with E-state index < -0.39 is 96.7 Å². The van der Waals surface area contributed by atoms with Crippen molar-refractivity contribution in [2.24, 2.45) is 0 Å². The molecule has 16 radical (unpaired) electrons. The van der Waals surface area contributed by atoms with Gasteiger partial charge in [-0.15, -0.1) is 0 Å². The maximum absolute atomic E-state index is 14.1. The number of aromatic nitrogens is 4. The van der Waals surface area contributed by atoms with Crippen molar-refractivity contribution in [2.75, 3.05) is 9.80 Å². The average molecular weight is 1160 g/mol. The number of alkyl halides is 1. The number of nitrogens with zero attached hydrogens (tertiary/aromatic N) is 6. The number of rotatable bonds is 8. The predicted octanol–water partition coefficient (Wildman–Crippen LogP) is 7.43. The molecule has 2 heterocycles. The largest absolute Gasteiger partial charge is 0.443 e. The Labute approximate surface area is 507 Å². The van der Waals surface area contributed by atoms with Gasteiger partial charge >= 0.3 is 24.4 Å². The highest BCUT2D eigenvalue weighted by Crippen LogP contribution is 2.31. The van der Waals surface area contributed by atoms with Crippen LogP contribution in [-0.2, 0) is 24.3 Å². The van der Waals surface area contributed by atoms with E-state index in [1.165, 1.54) is 24.3 Å². The summed E-state index contributed by atoms with van der Waals surface area (Å²) in [5.74, 6) is -0.995. The van der Waals surface area contributed by atoms with Crippen molar-refractivity contribution in [2.45, 2.75) is 118 Å². The number of imide groups is 2. The van der Waals surface area contributed by atoms with Crippen LogP contribution < -0.4 is 9.80 Å². The maximum atomic E-state index is 14.1. The lowest BCUT2D eigenvalue weighted by atomic mass is 8.47. The van der Waals surface area contributed by atoms with Gasteiger partial charge in [-0.2, -0.15) is 9.80 Å². The summed E-state index contributed by atoms with van der Waals surface area (Å²) in [6.45, 7) is 28.2. The molecule has 2 aromatic carbocycles. The monoisotopic (exact) mass is 1160 g/mol. The number of hydrogen-bond acceptors (Lipinski definition) is 12. The van der Waals surface area contributed by atoms with Gasteiger partial charge in [-0.25, -0.2) is 47.9 Å². The smallest absolute Gasteiger partial charge is 0.425 e. The van der Waals surface area contributed by atoms with Crippen molar-refractivity contribution >= 4 is 174 Å². The Kier molecular flexibility index (Phi) is 30.2. The van der Waals surface area contributed by atoms with Crippen molar-refractivity contribution in [1.82, 2.24) is 19.9 Å². The molecule has 31 heteroatoms. The number of anilines is 2. The number of carbonyl (C=O) groups excluding carboxylic acids is 4. The highest BCUT2D eigenvalue weighted by molar-refractivity contribution is 9.08. The molecule has 0 aliphatic carbocycles. The fourth-order valence-corrected chi connectivity index (χ4v) is 6.77. The van der Waals surface area contributed by atoms with Crippen LogP contribution in [-0.4, -0.2) is 167 Å². The molecule has 0 unspecified atom stereocenters. The lowest BCUT2D eigenvalue weighted by Gasteiger charge is -2.34. The zero-order chi connectivity index (χ0) is 63.8. The van der Waals surface area contributed by atoms with Crippen LogP contribution in [0.15, 0.2) is 119 Å². The quantitative estimate of drug-likeness (QED) is 0.0744. The van der Waals surface area contributed by atoms with E-state index in [0.29, 0.717) is 31.7 Å². The van der Waals surface area contributed by atoms with Crippen LogP contribution >= 0.6 is 15.9 Å². The van der Waals surface area contributed by atoms with Crippen LogP contribution in [0.25, 0.3) is 21.8 Å². The molecule has 14 nitrogen and oxygen atoms in total. The van der Waals surface area contributed by atoms with E-state index in [4.69, 9.17) is 80.8 Å². The zero-order valence-corrected chi connectivity index (χ0v) is 50.3. The van der Waals surface area contributed by atoms with Crippen LogP contribution in [0.2, 0.25) is 0 Å². The Morgan fingerprint density at radius 1 is 0.494 bits per heavy atom. The topological polar surface area (TPSA) is 163 Å². The molecule has 0 atom stereocenters. The second kappa shape index (κ2) is 33.9. The van der Waals surface area contributed by atoms with Crippen LogP contribution in [0, 0.1) is 18.6 Å². The van der Waals surface area contributed by atoms with Gasteiger partial charge in [-0.05, 0) is 184 Å². The number of amides is 4. The Morgan fingerprint density at radius 3 is 1.04 bits per heavy atom. The van der Waals surface area contributed by atoms with Gasteiger partial charge in [0.2, 0.25) is 0 Å². The second-order valence-corrected chi connectivity index (χ2v) is 21.8. The third-order valence-electron chi connectivity index (χ3n) is 9.51. The van der Waals surface area contributed by atoms with Gasteiger partial charge in [0.25, 0.3) is 0 Å². The molecule has 0 saturated heterocycles. The summed E-state index contributed by atoms with van der Waals surface area (Å²) in [5.41, 5.74) is 27.2. The Hall–Kier alpha value is -7.05. The van der Waals surface area contributed by atoms with E-state index in [-0.39, 0.29) is 28.0 Å². The number of halogens is 3.